The van der Waals surface area contributed by atoms with E-state index in [1.807, 2.05) is 42.9 Å². The Balaban J connectivity index is 1.28. The molecule has 1 saturated heterocycles. The van der Waals surface area contributed by atoms with Gasteiger partial charge in [0.25, 0.3) is 0 Å². The molecule has 1 aliphatic heterocycles. The van der Waals surface area contributed by atoms with Crippen LogP contribution in [0.15, 0.2) is 55.0 Å². The number of hydrogen-bond acceptors (Lipinski definition) is 7. The highest BCUT2D eigenvalue weighted by Crippen LogP contribution is 2.35. The van der Waals surface area contributed by atoms with Crippen molar-refractivity contribution in [2.45, 2.75) is 51.2 Å². The number of hydrogen-bond donors (Lipinski definition) is 2. The quantitative estimate of drug-likeness (QED) is 0.413. The van der Waals surface area contributed by atoms with Gasteiger partial charge in [-0.25, -0.2) is 14.6 Å². The second-order valence-corrected chi connectivity index (χ2v) is 10.7. The van der Waals surface area contributed by atoms with Gasteiger partial charge in [0.1, 0.15) is 12.1 Å². The molecule has 2 N–H and O–H groups in total. The van der Waals surface area contributed by atoms with E-state index in [1.54, 1.807) is 6.33 Å². The van der Waals surface area contributed by atoms with Gasteiger partial charge in [-0.15, -0.1) is 0 Å². The van der Waals surface area contributed by atoms with E-state index in [0.29, 0.717) is 5.82 Å². The van der Waals surface area contributed by atoms with Crippen LogP contribution in [0, 0.1) is 17.2 Å². The van der Waals surface area contributed by atoms with Gasteiger partial charge >= 0.3 is 0 Å². The summed E-state index contributed by atoms with van der Waals surface area (Å²) in [6.45, 7) is 5.38. The molecule has 0 amide bonds. The lowest BCUT2D eigenvalue weighted by Gasteiger charge is -2.28. The van der Waals surface area contributed by atoms with E-state index in [2.05, 4.69) is 55.6 Å². The first kappa shape index (κ1) is 23.4. The average Bonchev–Trinajstić information content (AvgIpc) is 3.56. The van der Waals surface area contributed by atoms with Crippen LogP contribution in [0.1, 0.15) is 55.8 Å². The zero-order valence-electron chi connectivity index (χ0n) is 21.2. The number of nitrogens with zero attached hydrogens (tertiary/aromatic N) is 6. The number of nitriles is 1. The zero-order valence-corrected chi connectivity index (χ0v) is 21.2. The van der Waals surface area contributed by atoms with Gasteiger partial charge in [-0.2, -0.15) is 10.4 Å². The van der Waals surface area contributed by atoms with Crippen molar-refractivity contribution in [3.05, 3.63) is 71.7 Å². The van der Waals surface area contributed by atoms with Crippen molar-refractivity contribution < 1.29 is 5.11 Å². The van der Waals surface area contributed by atoms with Crippen molar-refractivity contribution in [1.82, 2.24) is 19.7 Å². The molecule has 3 heterocycles. The maximum atomic E-state index is 10.4. The summed E-state index contributed by atoms with van der Waals surface area (Å²) in [5, 5.41) is 29.4. The van der Waals surface area contributed by atoms with Crippen LogP contribution >= 0.6 is 0 Å². The topological polar surface area (TPSA) is 103 Å². The Kier molecular flexibility index (Phi) is 5.81. The molecule has 1 fully saturated rings. The van der Waals surface area contributed by atoms with Crippen molar-refractivity contribution in [3.63, 3.8) is 0 Å². The Morgan fingerprint density at radius 3 is 2.78 bits per heavy atom. The molecule has 4 aromatic rings. The molecular weight excluding hydrogens is 462 g/mol. The summed E-state index contributed by atoms with van der Waals surface area (Å²) in [4.78, 5) is 11.3. The Morgan fingerprint density at radius 1 is 1.11 bits per heavy atom. The van der Waals surface area contributed by atoms with Gasteiger partial charge in [0.05, 0.1) is 35.0 Å². The largest absolute Gasteiger partial charge is 0.390 e. The lowest BCUT2D eigenvalue weighted by Crippen LogP contribution is -2.33. The Morgan fingerprint density at radius 2 is 1.97 bits per heavy atom. The fraction of sp³-hybridized carbons (Fsp3) is 0.379. The number of rotatable bonds is 5. The van der Waals surface area contributed by atoms with Gasteiger partial charge < -0.3 is 15.3 Å². The number of anilines is 2. The van der Waals surface area contributed by atoms with E-state index in [0.717, 1.165) is 66.7 Å². The Hall–Kier alpha value is -3.96. The van der Waals surface area contributed by atoms with Gasteiger partial charge in [0.2, 0.25) is 0 Å². The summed E-state index contributed by atoms with van der Waals surface area (Å²) < 4.78 is 1.86. The molecule has 0 saturated carbocycles. The summed E-state index contributed by atoms with van der Waals surface area (Å²) in [5.74, 6) is 1.77. The van der Waals surface area contributed by atoms with Crippen LogP contribution in [0.2, 0.25) is 0 Å². The van der Waals surface area contributed by atoms with Crippen LogP contribution in [0.5, 0.6) is 0 Å². The van der Waals surface area contributed by atoms with Crippen molar-refractivity contribution in [3.8, 4) is 11.9 Å². The standard InChI is InChI=1S/C29H31N7O/c1-29(2,37)21-11-12-35(17-21)27-14-28(32-18-31-27)36-26-13-22(10-9-20(26)16-33-36)34-25-8-4-6-23-19(15-30)5-3-7-24(23)25/h3,5,7,9-10,13-14,16,18,21,25,34,37H,4,6,8,11-12,17H2,1-2H3/t21-,25?/m1/s1. The molecule has 8 heteroatoms. The minimum absolute atomic E-state index is 0.162. The third-order valence-electron chi connectivity index (χ3n) is 7.91. The first-order chi connectivity index (χ1) is 17.9. The minimum atomic E-state index is -0.707. The molecule has 0 radical (unpaired) electrons. The van der Waals surface area contributed by atoms with Crippen molar-refractivity contribution in [1.29, 1.82) is 5.26 Å². The van der Waals surface area contributed by atoms with Gasteiger partial charge in [-0.1, -0.05) is 12.1 Å². The van der Waals surface area contributed by atoms with Gasteiger partial charge in [0.15, 0.2) is 5.82 Å². The molecule has 0 spiro atoms. The predicted molar refractivity (Wildman–Crippen MR) is 144 cm³/mol. The molecule has 0 bridgehead atoms. The summed E-state index contributed by atoms with van der Waals surface area (Å²) in [6.07, 6.45) is 7.41. The van der Waals surface area contributed by atoms with E-state index < -0.39 is 5.60 Å². The monoisotopic (exact) mass is 493 g/mol. The lowest BCUT2D eigenvalue weighted by molar-refractivity contribution is 0.0263. The molecule has 1 aliphatic carbocycles. The van der Waals surface area contributed by atoms with E-state index >= 15 is 0 Å². The van der Waals surface area contributed by atoms with E-state index in [4.69, 9.17) is 0 Å². The van der Waals surface area contributed by atoms with Gasteiger partial charge in [0, 0.05) is 36.1 Å². The third-order valence-corrected chi connectivity index (χ3v) is 7.91. The predicted octanol–water partition coefficient (Wildman–Crippen LogP) is 4.77. The number of fused-ring (bicyclic) bond motifs is 2. The van der Waals surface area contributed by atoms with Crippen molar-refractivity contribution >= 4 is 22.4 Å². The minimum Gasteiger partial charge on any atom is -0.390 e. The second kappa shape index (κ2) is 9.16. The van der Waals surface area contributed by atoms with Gasteiger partial charge in [-0.05, 0) is 74.9 Å². The van der Waals surface area contributed by atoms with Crippen LogP contribution in [0.4, 0.5) is 11.5 Å². The third kappa shape index (κ3) is 4.40. The molecule has 1 unspecified atom stereocenters. The molecule has 37 heavy (non-hydrogen) atoms. The highest BCUT2D eigenvalue weighted by Gasteiger charge is 2.34. The number of aromatic nitrogens is 4. The highest BCUT2D eigenvalue weighted by molar-refractivity contribution is 5.83. The number of benzene rings is 2. The molecule has 188 valence electrons. The summed E-state index contributed by atoms with van der Waals surface area (Å²) in [7, 11) is 0. The molecule has 2 aromatic heterocycles. The van der Waals surface area contributed by atoms with E-state index in [1.165, 1.54) is 11.1 Å². The fourth-order valence-corrected chi connectivity index (χ4v) is 5.77. The van der Waals surface area contributed by atoms with Crippen LogP contribution in [0.3, 0.4) is 0 Å². The normalized spacial score (nSPS) is 19.6. The number of nitrogens with one attached hydrogen (secondary N) is 1. The molecule has 2 atom stereocenters. The Labute approximate surface area is 216 Å². The summed E-state index contributed by atoms with van der Waals surface area (Å²) in [6, 6.07) is 16.8. The first-order valence-corrected chi connectivity index (χ1v) is 13.0. The maximum Gasteiger partial charge on any atom is 0.159 e. The van der Waals surface area contributed by atoms with Crippen LogP contribution < -0.4 is 10.2 Å². The van der Waals surface area contributed by atoms with Crippen LogP contribution in [-0.2, 0) is 6.42 Å². The van der Waals surface area contributed by atoms with Crippen molar-refractivity contribution in [2.24, 2.45) is 5.92 Å². The molecule has 2 aliphatic rings. The van der Waals surface area contributed by atoms with Crippen molar-refractivity contribution in [2.75, 3.05) is 23.3 Å². The SMILES string of the molecule is CC(C)(O)[C@@H]1CCN(c2cc(-n3ncc4ccc(NC5CCCc6c(C#N)cccc65)cc43)ncn2)C1. The second-order valence-electron chi connectivity index (χ2n) is 10.7. The highest BCUT2D eigenvalue weighted by atomic mass is 16.3. The lowest BCUT2D eigenvalue weighted by atomic mass is 9.85. The molecule has 8 nitrogen and oxygen atoms in total. The molecular formula is C29H31N7O. The molecule has 2 aromatic carbocycles. The van der Waals surface area contributed by atoms with E-state index in [-0.39, 0.29) is 12.0 Å². The summed E-state index contributed by atoms with van der Waals surface area (Å²) >= 11 is 0. The summed E-state index contributed by atoms with van der Waals surface area (Å²) in [5.41, 5.74) is 4.44. The van der Waals surface area contributed by atoms with Gasteiger partial charge in [-0.3, -0.25) is 0 Å². The first-order valence-electron chi connectivity index (χ1n) is 13.0. The smallest absolute Gasteiger partial charge is 0.159 e. The average molecular weight is 494 g/mol. The van der Waals surface area contributed by atoms with E-state index in [9.17, 15) is 10.4 Å². The number of aliphatic hydroxyl groups is 1. The van der Waals surface area contributed by atoms with Crippen LogP contribution in [-0.4, -0.2) is 43.5 Å². The fourth-order valence-electron chi connectivity index (χ4n) is 5.77. The molecule has 6 rings (SSSR count). The Bertz CT molecular complexity index is 1500. The van der Waals surface area contributed by atoms with Crippen LogP contribution in [0.25, 0.3) is 16.7 Å². The maximum absolute atomic E-state index is 10.4. The zero-order chi connectivity index (χ0) is 25.6.